The molecule has 1 aromatic carbocycles. The lowest BCUT2D eigenvalue weighted by molar-refractivity contribution is -0.121. The zero-order valence-electron chi connectivity index (χ0n) is 16.1. The van der Waals surface area contributed by atoms with Crippen LogP contribution in [-0.4, -0.2) is 41.2 Å². The third-order valence-corrected chi connectivity index (χ3v) is 4.38. The maximum absolute atomic E-state index is 12.9. The summed E-state index contributed by atoms with van der Waals surface area (Å²) < 4.78 is 11.9. The number of aromatic nitrogens is 3. The number of nitrogens with zero attached hydrogens (tertiary/aromatic N) is 3. The van der Waals surface area contributed by atoms with E-state index in [9.17, 15) is 9.59 Å². The molecular formula is C20H22N4O4. The SMILES string of the molecule is COc1cc2nc(C)n(CC(=O)NCCc3ccccn3)c(=O)c2cc1OC. The Morgan fingerprint density at radius 2 is 1.93 bits per heavy atom. The molecule has 28 heavy (non-hydrogen) atoms. The van der Waals surface area contributed by atoms with Crippen LogP contribution in [0.3, 0.4) is 0 Å². The summed E-state index contributed by atoms with van der Waals surface area (Å²) in [4.78, 5) is 33.8. The fourth-order valence-electron chi connectivity index (χ4n) is 2.92. The minimum atomic E-state index is -0.302. The first-order valence-corrected chi connectivity index (χ1v) is 8.83. The Labute approximate surface area is 162 Å². The molecule has 3 aromatic rings. The summed E-state index contributed by atoms with van der Waals surface area (Å²) in [6.07, 6.45) is 2.33. The number of aryl methyl sites for hydroxylation is 1. The number of benzene rings is 1. The number of carbonyl (C=O) groups is 1. The van der Waals surface area contributed by atoms with Gasteiger partial charge in [0.25, 0.3) is 5.56 Å². The van der Waals surface area contributed by atoms with Gasteiger partial charge in [0, 0.05) is 30.9 Å². The molecule has 0 saturated heterocycles. The molecule has 0 aliphatic rings. The number of ether oxygens (including phenoxy) is 2. The van der Waals surface area contributed by atoms with Crippen molar-refractivity contribution in [2.24, 2.45) is 0 Å². The van der Waals surface area contributed by atoms with Gasteiger partial charge < -0.3 is 14.8 Å². The molecule has 2 heterocycles. The number of hydrogen-bond acceptors (Lipinski definition) is 6. The van der Waals surface area contributed by atoms with Gasteiger partial charge in [-0.25, -0.2) is 4.98 Å². The second kappa shape index (κ2) is 8.51. The molecule has 146 valence electrons. The second-order valence-corrected chi connectivity index (χ2v) is 6.20. The lowest BCUT2D eigenvalue weighted by Crippen LogP contribution is -2.35. The molecule has 0 atom stereocenters. The minimum absolute atomic E-state index is 0.107. The summed E-state index contributed by atoms with van der Waals surface area (Å²) in [5.41, 5.74) is 1.08. The Morgan fingerprint density at radius 1 is 1.18 bits per heavy atom. The van der Waals surface area contributed by atoms with E-state index in [0.717, 1.165) is 5.69 Å². The molecule has 0 spiro atoms. The average molecular weight is 382 g/mol. The normalized spacial score (nSPS) is 10.7. The molecule has 1 N–H and O–H groups in total. The molecule has 0 aliphatic heterocycles. The summed E-state index contributed by atoms with van der Waals surface area (Å²) >= 11 is 0. The highest BCUT2D eigenvalue weighted by Crippen LogP contribution is 2.30. The van der Waals surface area contributed by atoms with Gasteiger partial charge >= 0.3 is 0 Å². The molecule has 0 unspecified atom stereocenters. The number of amides is 1. The van der Waals surface area contributed by atoms with Crippen molar-refractivity contribution < 1.29 is 14.3 Å². The molecule has 0 saturated carbocycles. The molecule has 0 radical (unpaired) electrons. The topological polar surface area (TPSA) is 95.3 Å². The molecule has 0 aliphatic carbocycles. The van der Waals surface area contributed by atoms with E-state index < -0.39 is 0 Å². The Kier molecular flexibility index (Phi) is 5.88. The number of pyridine rings is 1. The summed E-state index contributed by atoms with van der Waals surface area (Å²) in [5, 5.41) is 3.18. The van der Waals surface area contributed by atoms with Crippen molar-refractivity contribution in [3.05, 3.63) is 58.4 Å². The number of carbonyl (C=O) groups excluding carboxylic acids is 1. The van der Waals surface area contributed by atoms with Crippen LogP contribution in [0.5, 0.6) is 11.5 Å². The summed E-state index contributed by atoms with van der Waals surface area (Å²) in [7, 11) is 3.02. The van der Waals surface area contributed by atoms with Gasteiger partial charge in [-0.15, -0.1) is 0 Å². The summed E-state index contributed by atoms with van der Waals surface area (Å²) in [5.74, 6) is 1.11. The molecule has 8 heteroatoms. The maximum atomic E-state index is 12.9. The molecule has 3 rings (SSSR count). The van der Waals surface area contributed by atoms with Crippen LogP contribution in [-0.2, 0) is 17.8 Å². The van der Waals surface area contributed by atoms with Crippen molar-refractivity contribution in [3.8, 4) is 11.5 Å². The third kappa shape index (κ3) is 4.11. The van der Waals surface area contributed by atoms with E-state index in [4.69, 9.17) is 9.47 Å². The van der Waals surface area contributed by atoms with E-state index in [1.54, 1.807) is 25.3 Å². The van der Waals surface area contributed by atoms with E-state index in [1.165, 1.54) is 18.8 Å². The molecule has 0 fully saturated rings. The Hall–Kier alpha value is -3.42. The Balaban J connectivity index is 1.78. The van der Waals surface area contributed by atoms with Crippen molar-refractivity contribution >= 4 is 16.8 Å². The van der Waals surface area contributed by atoms with Crippen LogP contribution in [0.4, 0.5) is 0 Å². The van der Waals surface area contributed by atoms with Gasteiger partial charge in [-0.1, -0.05) is 6.07 Å². The maximum Gasteiger partial charge on any atom is 0.262 e. The predicted octanol–water partition coefficient (Wildman–Crippen LogP) is 1.48. The van der Waals surface area contributed by atoms with Gasteiger partial charge in [0.05, 0.1) is 25.1 Å². The molecule has 1 amide bonds. The van der Waals surface area contributed by atoms with Gasteiger partial charge in [-0.3, -0.25) is 19.1 Å². The fourth-order valence-corrected chi connectivity index (χ4v) is 2.92. The van der Waals surface area contributed by atoms with Gasteiger partial charge in [-0.2, -0.15) is 0 Å². The van der Waals surface area contributed by atoms with E-state index in [2.05, 4.69) is 15.3 Å². The minimum Gasteiger partial charge on any atom is -0.493 e. The van der Waals surface area contributed by atoms with Crippen LogP contribution in [0.1, 0.15) is 11.5 Å². The van der Waals surface area contributed by atoms with Crippen LogP contribution < -0.4 is 20.3 Å². The van der Waals surface area contributed by atoms with Crippen LogP contribution in [0.25, 0.3) is 10.9 Å². The largest absolute Gasteiger partial charge is 0.493 e. The highest BCUT2D eigenvalue weighted by Gasteiger charge is 2.15. The first-order chi connectivity index (χ1) is 13.5. The predicted molar refractivity (Wildman–Crippen MR) is 105 cm³/mol. The van der Waals surface area contributed by atoms with Gasteiger partial charge in [0.1, 0.15) is 12.4 Å². The monoisotopic (exact) mass is 382 g/mol. The third-order valence-electron chi connectivity index (χ3n) is 4.38. The summed E-state index contributed by atoms with van der Waals surface area (Å²) in [6, 6.07) is 8.87. The smallest absolute Gasteiger partial charge is 0.262 e. The zero-order chi connectivity index (χ0) is 20.1. The first kappa shape index (κ1) is 19.3. The van der Waals surface area contributed by atoms with Gasteiger partial charge in [0.15, 0.2) is 11.5 Å². The van der Waals surface area contributed by atoms with Gasteiger partial charge in [-0.05, 0) is 25.1 Å². The quantitative estimate of drug-likeness (QED) is 0.665. The zero-order valence-corrected chi connectivity index (χ0v) is 16.1. The number of nitrogens with one attached hydrogen (secondary N) is 1. The second-order valence-electron chi connectivity index (χ2n) is 6.20. The fraction of sp³-hybridized carbons (Fsp3) is 0.300. The van der Waals surface area contributed by atoms with Crippen LogP contribution in [0.15, 0.2) is 41.3 Å². The molecule has 0 bridgehead atoms. The Bertz CT molecular complexity index is 1050. The number of methoxy groups -OCH3 is 2. The van der Waals surface area contributed by atoms with Crippen molar-refractivity contribution in [1.82, 2.24) is 19.9 Å². The van der Waals surface area contributed by atoms with E-state index in [-0.39, 0.29) is 18.0 Å². The lowest BCUT2D eigenvalue weighted by atomic mass is 10.2. The van der Waals surface area contributed by atoms with Gasteiger partial charge in [0.2, 0.25) is 5.91 Å². The van der Waals surface area contributed by atoms with Crippen molar-refractivity contribution in [3.63, 3.8) is 0 Å². The number of rotatable bonds is 7. The average Bonchev–Trinajstić information content (AvgIpc) is 2.71. The van der Waals surface area contributed by atoms with Crippen LogP contribution in [0, 0.1) is 6.92 Å². The molecule has 2 aromatic heterocycles. The standard InChI is InChI=1S/C20H22N4O4/c1-13-23-16-11-18(28-3)17(27-2)10-15(16)20(26)24(13)12-19(25)22-9-7-14-6-4-5-8-21-14/h4-6,8,10-11H,7,9,12H2,1-3H3,(H,22,25). The van der Waals surface area contributed by atoms with Crippen LogP contribution >= 0.6 is 0 Å². The van der Waals surface area contributed by atoms with E-state index >= 15 is 0 Å². The van der Waals surface area contributed by atoms with E-state index in [1.807, 2.05) is 18.2 Å². The van der Waals surface area contributed by atoms with Crippen molar-refractivity contribution in [2.75, 3.05) is 20.8 Å². The first-order valence-electron chi connectivity index (χ1n) is 8.83. The molecular weight excluding hydrogens is 360 g/mol. The highest BCUT2D eigenvalue weighted by molar-refractivity contribution is 5.82. The lowest BCUT2D eigenvalue weighted by Gasteiger charge is -2.13. The van der Waals surface area contributed by atoms with Crippen LogP contribution in [0.2, 0.25) is 0 Å². The Morgan fingerprint density at radius 3 is 2.61 bits per heavy atom. The highest BCUT2D eigenvalue weighted by atomic mass is 16.5. The summed E-state index contributed by atoms with van der Waals surface area (Å²) in [6.45, 7) is 2.03. The van der Waals surface area contributed by atoms with Crippen molar-refractivity contribution in [2.45, 2.75) is 19.9 Å². The molecule has 8 nitrogen and oxygen atoms in total. The number of fused-ring (bicyclic) bond motifs is 1. The number of hydrogen-bond donors (Lipinski definition) is 1. The van der Waals surface area contributed by atoms with Crippen molar-refractivity contribution in [1.29, 1.82) is 0 Å². The van der Waals surface area contributed by atoms with E-state index in [0.29, 0.717) is 41.2 Å².